The van der Waals surface area contributed by atoms with Crippen molar-refractivity contribution in [3.63, 3.8) is 0 Å². The molecule has 0 aliphatic carbocycles. The molecule has 2 amide bonds. The lowest BCUT2D eigenvalue weighted by molar-refractivity contribution is -0.122. The standard InChI is InChI=1S/C22H22F3N7O2/c1-12(2)28-16-6-15(7-17(9-16)29-21(33)27-11-22(23,24)25)18-10-26-19-8-14(4-5-32(18)19)20-31-30-13(3)34-20/h4-10,12,28H,11H2,1-3H3,(H2,27,29,33). The van der Waals surface area contributed by atoms with Gasteiger partial charge in [0.1, 0.15) is 12.2 Å². The maximum Gasteiger partial charge on any atom is 0.405 e. The number of amides is 2. The Morgan fingerprint density at radius 3 is 2.56 bits per heavy atom. The predicted molar refractivity (Wildman–Crippen MR) is 120 cm³/mol. The molecule has 4 aromatic rings. The lowest BCUT2D eigenvalue weighted by Gasteiger charge is -2.15. The van der Waals surface area contributed by atoms with Gasteiger partial charge in [-0.1, -0.05) is 0 Å². The van der Waals surface area contributed by atoms with Crippen LogP contribution in [0, 0.1) is 6.92 Å². The SMILES string of the molecule is Cc1nnc(-c2ccn3c(-c4cc(NC(=O)NCC(F)(F)F)cc(NC(C)C)c4)cnc3c2)o1. The number of aromatic nitrogens is 4. The summed E-state index contributed by atoms with van der Waals surface area (Å²) in [6, 6.07) is 7.93. The zero-order chi connectivity index (χ0) is 24.5. The molecule has 0 unspecified atom stereocenters. The molecule has 12 heteroatoms. The normalized spacial score (nSPS) is 11.7. The molecule has 0 saturated carbocycles. The van der Waals surface area contributed by atoms with Gasteiger partial charge < -0.3 is 20.4 Å². The summed E-state index contributed by atoms with van der Waals surface area (Å²) in [6.07, 6.45) is -1.03. The minimum absolute atomic E-state index is 0.0877. The van der Waals surface area contributed by atoms with Crippen molar-refractivity contribution in [2.45, 2.75) is 33.0 Å². The molecule has 1 aromatic carbocycles. The number of hydrogen-bond donors (Lipinski definition) is 3. The van der Waals surface area contributed by atoms with Crippen LogP contribution < -0.4 is 16.0 Å². The molecular weight excluding hydrogens is 451 g/mol. The summed E-state index contributed by atoms with van der Waals surface area (Å²) in [5.74, 6) is 0.830. The molecule has 0 aliphatic rings. The number of rotatable bonds is 6. The second-order valence-electron chi connectivity index (χ2n) is 7.93. The van der Waals surface area contributed by atoms with Crippen LogP contribution in [0.5, 0.6) is 0 Å². The Morgan fingerprint density at radius 1 is 1.12 bits per heavy atom. The lowest BCUT2D eigenvalue weighted by Crippen LogP contribution is -2.36. The monoisotopic (exact) mass is 473 g/mol. The van der Waals surface area contributed by atoms with Gasteiger partial charge in [0.15, 0.2) is 0 Å². The van der Waals surface area contributed by atoms with Gasteiger partial charge in [-0.05, 0) is 44.2 Å². The maximum absolute atomic E-state index is 12.4. The number of carbonyl (C=O) groups is 1. The summed E-state index contributed by atoms with van der Waals surface area (Å²) in [5, 5.41) is 15.4. The van der Waals surface area contributed by atoms with Crippen molar-refractivity contribution in [3.05, 3.63) is 48.6 Å². The fourth-order valence-electron chi connectivity index (χ4n) is 3.36. The van der Waals surface area contributed by atoms with Gasteiger partial charge in [-0.25, -0.2) is 9.78 Å². The zero-order valence-electron chi connectivity index (χ0n) is 18.6. The largest absolute Gasteiger partial charge is 0.421 e. The summed E-state index contributed by atoms with van der Waals surface area (Å²) < 4.78 is 44.6. The van der Waals surface area contributed by atoms with E-state index in [0.29, 0.717) is 39.9 Å². The van der Waals surface area contributed by atoms with Crippen LogP contribution in [-0.2, 0) is 0 Å². The minimum Gasteiger partial charge on any atom is -0.421 e. The number of alkyl halides is 3. The van der Waals surface area contributed by atoms with Crippen molar-refractivity contribution in [3.8, 4) is 22.7 Å². The van der Waals surface area contributed by atoms with E-state index >= 15 is 0 Å². The van der Waals surface area contributed by atoms with Crippen molar-refractivity contribution in [2.75, 3.05) is 17.2 Å². The molecule has 34 heavy (non-hydrogen) atoms. The van der Waals surface area contributed by atoms with Gasteiger partial charge in [-0.3, -0.25) is 4.40 Å². The molecule has 0 saturated heterocycles. The highest BCUT2D eigenvalue weighted by molar-refractivity contribution is 5.91. The second-order valence-corrected chi connectivity index (χ2v) is 7.93. The molecule has 0 atom stereocenters. The number of nitrogens with one attached hydrogen (secondary N) is 3. The van der Waals surface area contributed by atoms with Crippen molar-refractivity contribution in [1.29, 1.82) is 0 Å². The number of benzene rings is 1. The molecule has 178 valence electrons. The molecule has 4 rings (SSSR count). The summed E-state index contributed by atoms with van der Waals surface area (Å²) in [7, 11) is 0. The van der Waals surface area contributed by atoms with E-state index in [-0.39, 0.29) is 6.04 Å². The van der Waals surface area contributed by atoms with Crippen molar-refractivity contribution < 1.29 is 22.4 Å². The average Bonchev–Trinajstić information content (AvgIpc) is 3.37. The van der Waals surface area contributed by atoms with Crippen molar-refractivity contribution in [1.82, 2.24) is 24.9 Å². The smallest absolute Gasteiger partial charge is 0.405 e. The molecule has 0 spiro atoms. The van der Waals surface area contributed by atoms with Gasteiger partial charge in [0.25, 0.3) is 0 Å². The number of anilines is 2. The Labute approximate surface area is 192 Å². The molecule has 3 N–H and O–H groups in total. The first-order chi connectivity index (χ1) is 16.1. The minimum atomic E-state index is -4.50. The van der Waals surface area contributed by atoms with Crippen LogP contribution in [-0.4, -0.2) is 44.4 Å². The fourth-order valence-corrected chi connectivity index (χ4v) is 3.36. The highest BCUT2D eigenvalue weighted by Gasteiger charge is 2.27. The Bertz CT molecular complexity index is 1330. The molecule has 0 radical (unpaired) electrons. The Morgan fingerprint density at radius 2 is 1.88 bits per heavy atom. The van der Waals surface area contributed by atoms with Crippen LogP contribution >= 0.6 is 0 Å². The quantitative estimate of drug-likeness (QED) is 0.369. The predicted octanol–water partition coefficient (Wildman–Crippen LogP) is 4.86. The summed E-state index contributed by atoms with van der Waals surface area (Å²) in [5.41, 5.74) is 3.77. The number of urea groups is 1. The third-order valence-electron chi connectivity index (χ3n) is 4.68. The Kier molecular flexibility index (Phi) is 6.14. The number of aryl methyl sites for hydroxylation is 1. The Hall–Kier alpha value is -4.09. The third-order valence-corrected chi connectivity index (χ3v) is 4.68. The molecule has 0 bridgehead atoms. The first-order valence-electron chi connectivity index (χ1n) is 10.4. The molecular formula is C22H22F3N7O2. The van der Waals surface area contributed by atoms with Crippen LogP contribution in [0.25, 0.3) is 28.4 Å². The van der Waals surface area contributed by atoms with Crippen LogP contribution in [0.3, 0.4) is 0 Å². The summed E-state index contributed by atoms with van der Waals surface area (Å²) in [6.45, 7) is 4.18. The number of nitrogens with zero attached hydrogens (tertiary/aromatic N) is 4. The maximum atomic E-state index is 12.4. The highest BCUT2D eigenvalue weighted by Crippen LogP contribution is 2.30. The molecule has 9 nitrogen and oxygen atoms in total. The van der Waals surface area contributed by atoms with E-state index in [4.69, 9.17) is 4.42 Å². The zero-order valence-corrected chi connectivity index (χ0v) is 18.6. The van der Waals surface area contributed by atoms with Gasteiger partial charge in [0.05, 0.1) is 11.9 Å². The molecule has 0 fully saturated rings. The topological polar surface area (TPSA) is 109 Å². The van der Waals surface area contributed by atoms with Crippen molar-refractivity contribution >= 4 is 23.1 Å². The van der Waals surface area contributed by atoms with E-state index in [1.807, 2.05) is 30.4 Å². The summed E-state index contributed by atoms with van der Waals surface area (Å²) in [4.78, 5) is 16.5. The van der Waals surface area contributed by atoms with E-state index < -0.39 is 18.8 Å². The first kappa shape index (κ1) is 23.1. The van der Waals surface area contributed by atoms with E-state index in [2.05, 4.69) is 25.8 Å². The van der Waals surface area contributed by atoms with E-state index in [0.717, 1.165) is 5.69 Å². The van der Waals surface area contributed by atoms with E-state index in [1.54, 1.807) is 42.8 Å². The number of carbonyl (C=O) groups excluding carboxylic acids is 1. The van der Waals surface area contributed by atoms with E-state index in [1.165, 1.54) is 0 Å². The fraction of sp³-hybridized carbons (Fsp3) is 0.273. The highest BCUT2D eigenvalue weighted by atomic mass is 19.4. The van der Waals surface area contributed by atoms with Gasteiger partial charge in [-0.15, -0.1) is 10.2 Å². The number of pyridine rings is 1. The van der Waals surface area contributed by atoms with Gasteiger partial charge in [-0.2, -0.15) is 13.2 Å². The first-order valence-corrected chi connectivity index (χ1v) is 10.4. The van der Waals surface area contributed by atoms with Crippen LogP contribution in [0.4, 0.5) is 29.3 Å². The number of hydrogen-bond acceptors (Lipinski definition) is 6. The average molecular weight is 473 g/mol. The molecule has 0 aliphatic heterocycles. The third kappa shape index (κ3) is 5.45. The number of fused-ring (bicyclic) bond motifs is 1. The van der Waals surface area contributed by atoms with Gasteiger partial charge in [0.2, 0.25) is 11.8 Å². The van der Waals surface area contributed by atoms with Crippen LogP contribution in [0.2, 0.25) is 0 Å². The summed E-state index contributed by atoms with van der Waals surface area (Å²) >= 11 is 0. The molecule has 3 aromatic heterocycles. The molecule has 3 heterocycles. The van der Waals surface area contributed by atoms with Crippen molar-refractivity contribution in [2.24, 2.45) is 0 Å². The Balaban J connectivity index is 1.67. The lowest BCUT2D eigenvalue weighted by atomic mass is 10.1. The van der Waals surface area contributed by atoms with Crippen LogP contribution in [0.15, 0.2) is 47.1 Å². The van der Waals surface area contributed by atoms with Gasteiger partial charge >= 0.3 is 12.2 Å². The number of halogens is 3. The second kappa shape index (κ2) is 9.04. The van der Waals surface area contributed by atoms with E-state index in [9.17, 15) is 18.0 Å². The number of imidazole rings is 1. The van der Waals surface area contributed by atoms with Gasteiger partial charge in [0, 0.05) is 41.7 Å². The van der Waals surface area contributed by atoms with Crippen LogP contribution in [0.1, 0.15) is 19.7 Å².